The van der Waals surface area contributed by atoms with Crippen LogP contribution in [0.2, 0.25) is 0 Å². The zero-order valence-electron chi connectivity index (χ0n) is 28.2. The van der Waals surface area contributed by atoms with E-state index in [9.17, 15) is 0 Å². The average Bonchev–Trinajstić information content (AvgIpc) is 3.70. The second-order valence-electron chi connectivity index (χ2n) is 14.7. The van der Waals surface area contributed by atoms with Gasteiger partial charge in [0, 0.05) is 63.8 Å². The predicted octanol–water partition coefficient (Wildman–Crippen LogP) is 11.9. The molecule has 0 spiro atoms. The first-order chi connectivity index (χ1) is 24.8. The van der Waals surface area contributed by atoms with E-state index in [1.807, 2.05) is 6.20 Å². The Kier molecular flexibility index (Phi) is 6.28. The molecule has 11 rings (SSSR count). The van der Waals surface area contributed by atoms with Gasteiger partial charge >= 0.3 is 0 Å². The lowest BCUT2D eigenvalue weighted by molar-refractivity contribution is 0.579. The lowest BCUT2D eigenvalue weighted by atomic mass is 9.66. The van der Waals surface area contributed by atoms with E-state index >= 15 is 0 Å². The molecule has 3 nitrogen and oxygen atoms in total. The first-order valence-electron chi connectivity index (χ1n) is 18.6. The molecule has 50 heavy (non-hydrogen) atoms. The van der Waals surface area contributed by atoms with Crippen molar-refractivity contribution >= 4 is 50.7 Å². The minimum Gasteiger partial charge on any atom is -0.337 e. The van der Waals surface area contributed by atoms with Crippen LogP contribution in [0.1, 0.15) is 55.8 Å². The maximum atomic E-state index is 4.39. The van der Waals surface area contributed by atoms with Crippen molar-refractivity contribution in [2.24, 2.45) is 16.8 Å². The molecule has 242 valence electrons. The summed E-state index contributed by atoms with van der Waals surface area (Å²) in [7, 11) is 0. The Morgan fingerprint density at radius 1 is 0.640 bits per heavy atom. The average molecular weight is 646 g/mol. The van der Waals surface area contributed by atoms with Gasteiger partial charge in [-0.3, -0.25) is 4.99 Å². The maximum Gasteiger partial charge on any atom is 0.0586 e. The molecule has 3 heteroatoms. The monoisotopic (exact) mass is 645 g/mol. The number of para-hydroxylation sites is 1. The number of aliphatic imine (C=N–C) groups is 1. The molecule has 1 aliphatic heterocycles. The van der Waals surface area contributed by atoms with Crippen LogP contribution in [0.3, 0.4) is 0 Å². The number of benzene rings is 3. The molecular formula is C47H39N3. The van der Waals surface area contributed by atoms with Crippen LogP contribution in [-0.2, 0) is 6.42 Å². The molecule has 0 radical (unpaired) electrons. The molecule has 0 N–H and O–H groups in total. The Morgan fingerprint density at radius 3 is 2.36 bits per heavy atom. The third kappa shape index (κ3) is 4.13. The summed E-state index contributed by atoms with van der Waals surface area (Å²) in [5.41, 5.74) is 17.1. The highest BCUT2D eigenvalue weighted by atomic mass is 15.0. The summed E-state index contributed by atoms with van der Waals surface area (Å²) < 4.78 is 5.17. The van der Waals surface area contributed by atoms with Crippen molar-refractivity contribution in [3.05, 3.63) is 155 Å². The molecular weight excluding hydrogens is 607 g/mol. The van der Waals surface area contributed by atoms with Crippen molar-refractivity contribution < 1.29 is 0 Å². The maximum absolute atomic E-state index is 4.39. The van der Waals surface area contributed by atoms with E-state index in [-0.39, 0.29) is 0 Å². The normalized spacial score (nSPS) is 23.5. The summed E-state index contributed by atoms with van der Waals surface area (Å²) in [5.74, 6) is 0.863. The van der Waals surface area contributed by atoms with E-state index in [1.54, 1.807) is 22.3 Å². The molecule has 0 saturated carbocycles. The highest BCUT2D eigenvalue weighted by Gasteiger charge is 2.36. The van der Waals surface area contributed by atoms with Gasteiger partial charge in [0.15, 0.2) is 0 Å². The van der Waals surface area contributed by atoms with Crippen LogP contribution in [-0.4, -0.2) is 15.3 Å². The van der Waals surface area contributed by atoms with Crippen LogP contribution < -0.4 is 0 Å². The molecule has 0 amide bonds. The first-order valence-corrected chi connectivity index (χ1v) is 18.6. The smallest absolute Gasteiger partial charge is 0.0586 e. The van der Waals surface area contributed by atoms with Gasteiger partial charge in [0.2, 0.25) is 0 Å². The van der Waals surface area contributed by atoms with Gasteiger partial charge in [0.05, 0.1) is 22.6 Å². The van der Waals surface area contributed by atoms with Crippen molar-refractivity contribution in [3.8, 4) is 11.1 Å². The number of fused-ring (bicyclic) bond motifs is 10. The number of hydrogen-bond donors (Lipinski definition) is 0. The van der Waals surface area contributed by atoms with Gasteiger partial charge in [0.25, 0.3) is 0 Å². The van der Waals surface area contributed by atoms with E-state index in [0.29, 0.717) is 17.9 Å². The van der Waals surface area contributed by atoms with Crippen LogP contribution in [0.5, 0.6) is 0 Å². The summed E-state index contributed by atoms with van der Waals surface area (Å²) in [5, 5.41) is 4.00. The standard InChI is InChI=1S/C47H39N3/c1-2-11-36-34(9-1)35-10-3-4-12-37(35)42-29-33(19-21-38(36)42)50-45-16-8-6-14-40(45)43-27-30(18-22-46(43)50)31-17-20-41-39-13-5-7-15-44(39)49(47(41)28-31)32-23-25-48-26-24-32/h1,3-6,8-10,12-14,16-18,20,22-23,25-29,32,35,37H,2,7,11,15,19,21,24H2. The van der Waals surface area contributed by atoms with Crippen molar-refractivity contribution in [2.75, 3.05) is 0 Å². The van der Waals surface area contributed by atoms with Gasteiger partial charge in [-0.1, -0.05) is 85.0 Å². The molecule has 6 aliphatic rings. The second-order valence-corrected chi connectivity index (χ2v) is 14.7. The van der Waals surface area contributed by atoms with Crippen LogP contribution in [0.25, 0.3) is 55.6 Å². The molecule has 0 fully saturated rings. The zero-order valence-corrected chi connectivity index (χ0v) is 28.2. The molecule has 5 aliphatic carbocycles. The Labute approximate surface area is 293 Å². The number of allylic oxidation sites excluding steroid dienone is 14. The predicted molar refractivity (Wildman–Crippen MR) is 210 cm³/mol. The van der Waals surface area contributed by atoms with Crippen LogP contribution in [0.4, 0.5) is 0 Å². The topological polar surface area (TPSA) is 22.2 Å². The molecule has 0 saturated heterocycles. The van der Waals surface area contributed by atoms with Crippen LogP contribution in [0.15, 0.2) is 149 Å². The van der Waals surface area contributed by atoms with E-state index in [1.165, 1.54) is 67.2 Å². The van der Waals surface area contributed by atoms with Gasteiger partial charge in [-0.2, -0.15) is 0 Å². The Morgan fingerprint density at radius 2 is 1.44 bits per heavy atom. The van der Waals surface area contributed by atoms with Crippen LogP contribution >= 0.6 is 0 Å². The minimum atomic E-state index is 0.303. The summed E-state index contributed by atoms with van der Waals surface area (Å²) in [6, 6.07) is 23.6. The fraction of sp³-hybridized carbons (Fsp3) is 0.213. The highest BCUT2D eigenvalue weighted by molar-refractivity contribution is 6.11. The number of nitrogens with zero attached hydrogens (tertiary/aromatic N) is 3. The summed E-state index contributed by atoms with van der Waals surface area (Å²) >= 11 is 0. The molecule has 2 aromatic heterocycles. The number of rotatable bonds is 3. The Bertz CT molecular complexity index is 2580. The van der Waals surface area contributed by atoms with Crippen molar-refractivity contribution in [1.82, 2.24) is 9.13 Å². The molecule has 3 heterocycles. The largest absolute Gasteiger partial charge is 0.337 e. The first kappa shape index (κ1) is 28.4. The highest BCUT2D eigenvalue weighted by Crippen LogP contribution is 2.50. The lowest BCUT2D eigenvalue weighted by Crippen LogP contribution is -2.26. The lowest BCUT2D eigenvalue weighted by Gasteiger charge is -2.39. The number of aromatic nitrogens is 2. The molecule has 3 atom stereocenters. The fourth-order valence-corrected chi connectivity index (χ4v) is 9.98. The van der Waals surface area contributed by atoms with E-state index < -0.39 is 0 Å². The minimum absolute atomic E-state index is 0.303. The molecule has 5 aromatic rings. The summed E-state index contributed by atoms with van der Waals surface area (Å²) in [6.07, 6.45) is 35.4. The Hall–Kier alpha value is -5.41. The van der Waals surface area contributed by atoms with Gasteiger partial charge in [-0.05, 0) is 108 Å². The summed E-state index contributed by atoms with van der Waals surface area (Å²) in [4.78, 5) is 4.39. The fourth-order valence-electron chi connectivity index (χ4n) is 9.98. The van der Waals surface area contributed by atoms with Crippen molar-refractivity contribution in [2.45, 2.75) is 51.0 Å². The van der Waals surface area contributed by atoms with E-state index in [4.69, 9.17) is 0 Å². The Balaban J connectivity index is 1.06. The van der Waals surface area contributed by atoms with E-state index in [0.717, 1.165) is 38.5 Å². The summed E-state index contributed by atoms with van der Waals surface area (Å²) in [6.45, 7) is 0. The van der Waals surface area contributed by atoms with Crippen LogP contribution in [0, 0.1) is 11.8 Å². The van der Waals surface area contributed by atoms with Gasteiger partial charge < -0.3 is 9.13 Å². The molecule has 0 bridgehead atoms. The van der Waals surface area contributed by atoms with Gasteiger partial charge in [0.1, 0.15) is 0 Å². The van der Waals surface area contributed by atoms with Crippen molar-refractivity contribution in [1.29, 1.82) is 0 Å². The van der Waals surface area contributed by atoms with Gasteiger partial charge in [-0.25, -0.2) is 0 Å². The quantitative estimate of drug-likeness (QED) is 0.186. The SMILES string of the molecule is C1=CC2C3=C(CCC=C3)C3=C(C=C(n4c5ccccc5c5cc(-c6ccc7c8c(n(C9C=CN=CC9)c7c6)CCC=C8)ccc54)CC3)C2C=C1. The third-order valence-electron chi connectivity index (χ3n) is 12.2. The third-order valence-corrected chi connectivity index (χ3v) is 12.2. The van der Waals surface area contributed by atoms with Crippen molar-refractivity contribution in [3.63, 3.8) is 0 Å². The van der Waals surface area contributed by atoms with E-state index in [2.05, 4.69) is 142 Å². The number of hydrogen-bond acceptors (Lipinski definition) is 1. The molecule has 3 unspecified atom stereocenters. The molecule has 3 aromatic carbocycles. The van der Waals surface area contributed by atoms with Gasteiger partial charge in [-0.15, -0.1) is 0 Å². The zero-order chi connectivity index (χ0) is 32.8. The second kappa shape index (κ2) is 11.1.